The van der Waals surface area contributed by atoms with Gasteiger partial charge in [-0.25, -0.2) is 4.79 Å². The zero-order valence-corrected chi connectivity index (χ0v) is 19.2. The van der Waals surface area contributed by atoms with Crippen LogP contribution in [0, 0.1) is 6.92 Å². The standard InChI is InChI=1S/C24H30N4O6/c1-18-15-20(27-30)16-25-22(18)23-26-21(34-28-23)17-32-13-8-12-31-11-6-3-7-14-33-24(29)19-9-4-2-5-10-19/h2,4-5,9-10,15-16,27,30H,3,6-8,11-14,17H2,1H3. The normalized spacial score (nSPS) is 10.9. The van der Waals surface area contributed by atoms with Crippen LogP contribution in [0.3, 0.4) is 0 Å². The van der Waals surface area contributed by atoms with E-state index in [4.69, 9.17) is 23.9 Å². The van der Waals surface area contributed by atoms with Crippen LogP contribution in [0.2, 0.25) is 0 Å². The summed E-state index contributed by atoms with van der Waals surface area (Å²) in [5, 5.41) is 12.9. The lowest BCUT2D eigenvalue weighted by Gasteiger charge is -2.06. The quantitative estimate of drug-likeness (QED) is 0.189. The molecule has 34 heavy (non-hydrogen) atoms. The van der Waals surface area contributed by atoms with Gasteiger partial charge < -0.3 is 18.7 Å². The van der Waals surface area contributed by atoms with Crippen molar-refractivity contribution in [2.24, 2.45) is 0 Å². The molecule has 0 aliphatic carbocycles. The van der Waals surface area contributed by atoms with E-state index in [1.165, 1.54) is 6.20 Å². The fourth-order valence-corrected chi connectivity index (χ4v) is 3.11. The summed E-state index contributed by atoms with van der Waals surface area (Å²) in [7, 11) is 0. The first-order chi connectivity index (χ1) is 16.7. The van der Waals surface area contributed by atoms with Crippen LogP contribution >= 0.6 is 0 Å². The topological polar surface area (TPSA) is 129 Å². The van der Waals surface area contributed by atoms with E-state index in [1.54, 1.807) is 18.2 Å². The van der Waals surface area contributed by atoms with Crippen LogP contribution in [-0.2, 0) is 20.8 Å². The van der Waals surface area contributed by atoms with Gasteiger partial charge in [-0.3, -0.25) is 15.7 Å². The van der Waals surface area contributed by atoms with Crippen LogP contribution < -0.4 is 5.48 Å². The summed E-state index contributed by atoms with van der Waals surface area (Å²) in [4.78, 5) is 20.3. The number of hydrogen-bond donors (Lipinski definition) is 2. The summed E-state index contributed by atoms with van der Waals surface area (Å²) >= 11 is 0. The van der Waals surface area contributed by atoms with E-state index < -0.39 is 0 Å². The molecule has 2 heterocycles. The van der Waals surface area contributed by atoms with Crippen LogP contribution in [0.4, 0.5) is 5.69 Å². The van der Waals surface area contributed by atoms with Crippen LogP contribution in [0.15, 0.2) is 47.1 Å². The monoisotopic (exact) mass is 470 g/mol. The summed E-state index contributed by atoms with van der Waals surface area (Å²) in [6, 6.07) is 10.7. The number of nitrogens with one attached hydrogen (secondary N) is 1. The third kappa shape index (κ3) is 8.22. The Kier molecular flexibility index (Phi) is 10.4. The van der Waals surface area contributed by atoms with Gasteiger partial charge in [0.15, 0.2) is 0 Å². The maximum Gasteiger partial charge on any atom is 0.338 e. The molecule has 0 bridgehead atoms. The Morgan fingerprint density at radius 1 is 1.03 bits per heavy atom. The van der Waals surface area contributed by atoms with Crippen molar-refractivity contribution in [3.05, 3.63) is 59.6 Å². The van der Waals surface area contributed by atoms with E-state index in [1.807, 2.05) is 25.1 Å². The molecule has 10 nitrogen and oxygen atoms in total. The number of rotatable bonds is 15. The van der Waals surface area contributed by atoms with E-state index in [0.29, 0.717) is 55.1 Å². The predicted octanol–water partition coefficient (Wildman–Crippen LogP) is 4.19. The first-order valence-electron chi connectivity index (χ1n) is 11.2. The third-order valence-corrected chi connectivity index (χ3v) is 4.87. The van der Waals surface area contributed by atoms with Gasteiger partial charge >= 0.3 is 5.97 Å². The van der Waals surface area contributed by atoms with Crippen LogP contribution in [0.5, 0.6) is 0 Å². The highest BCUT2D eigenvalue weighted by molar-refractivity contribution is 5.89. The van der Waals surface area contributed by atoms with Gasteiger partial charge in [0, 0.05) is 19.8 Å². The summed E-state index contributed by atoms with van der Waals surface area (Å²) in [6.45, 7) is 4.25. The lowest BCUT2D eigenvalue weighted by molar-refractivity contribution is 0.0489. The number of esters is 1. The van der Waals surface area contributed by atoms with Crippen LogP contribution in [-0.4, -0.2) is 52.7 Å². The maximum absolute atomic E-state index is 11.8. The number of aryl methyl sites for hydroxylation is 1. The van der Waals surface area contributed by atoms with Gasteiger partial charge in [-0.1, -0.05) is 23.4 Å². The van der Waals surface area contributed by atoms with Crippen molar-refractivity contribution >= 4 is 11.7 Å². The van der Waals surface area contributed by atoms with Crippen molar-refractivity contribution < 1.29 is 28.7 Å². The highest BCUT2D eigenvalue weighted by Crippen LogP contribution is 2.20. The van der Waals surface area contributed by atoms with Crippen molar-refractivity contribution in [1.29, 1.82) is 0 Å². The first kappa shape index (κ1) is 25.3. The molecule has 0 fully saturated rings. The Bertz CT molecular complexity index is 1010. The fourth-order valence-electron chi connectivity index (χ4n) is 3.11. The number of unbranched alkanes of at least 4 members (excludes halogenated alkanes) is 2. The van der Waals surface area contributed by atoms with Gasteiger partial charge in [0.05, 0.1) is 24.1 Å². The van der Waals surface area contributed by atoms with Crippen molar-refractivity contribution in [3.8, 4) is 11.5 Å². The molecule has 0 unspecified atom stereocenters. The van der Waals surface area contributed by atoms with Crippen molar-refractivity contribution in [2.75, 3.05) is 31.9 Å². The van der Waals surface area contributed by atoms with E-state index >= 15 is 0 Å². The van der Waals surface area contributed by atoms with Crippen molar-refractivity contribution in [3.63, 3.8) is 0 Å². The van der Waals surface area contributed by atoms with E-state index in [2.05, 4.69) is 20.6 Å². The number of ether oxygens (including phenoxy) is 3. The summed E-state index contributed by atoms with van der Waals surface area (Å²) < 4.78 is 21.6. The smallest absolute Gasteiger partial charge is 0.338 e. The zero-order chi connectivity index (χ0) is 24.0. The number of benzene rings is 1. The molecule has 10 heteroatoms. The molecule has 182 valence electrons. The molecule has 0 radical (unpaired) electrons. The second-order valence-corrected chi connectivity index (χ2v) is 7.59. The molecular formula is C24H30N4O6. The molecule has 0 saturated heterocycles. The molecule has 3 rings (SSSR count). The maximum atomic E-state index is 11.8. The number of aromatic nitrogens is 3. The molecule has 2 N–H and O–H groups in total. The molecular weight excluding hydrogens is 440 g/mol. The van der Waals surface area contributed by atoms with E-state index in [0.717, 1.165) is 31.2 Å². The number of nitrogens with zero attached hydrogens (tertiary/aromatic N) is 3. The number of pyridine rings is 1. The number of hydrogen-bond acceptors (Lipinski definition) is 10. The summed E-state index contributed by atoms with van der Waals surface area (Å²) in [6.07, 6.45) is 4.90. The highest BCUT2D eigenvalue weighted by atomic mass is 16.5. The van der Waals surface area contributed by atoms with Gasteiger partial charge in [-0.2, -0.15) is 4.98 Å². The first-order valence-corrected chi connectivity index (χ1v) is 11.2. The molecule has 0 spiro atoms. The van der Waals surface area contributed by atoms with E-state index in [9.17, 15) is 4.79 Å². The Morgan fingerprint density at radius 3 is 2.59 bits per heavy atom. The van der Waals surface area contributed by atoms with Crippen molar-refractivity contribution in [1.82, 2.24) is 15.1 Å². The van der Waals surface area contributed by atoms with Gasteiger partial charge in [-0.05, 0) is 56.4 Å². The third-order valence-electron chi connectivity index (χ3n) is 4.87. The van der Waals surface area contributed by atoms with Gasteiger partial charge in [0.25, 0.3) is 5.89 Å². The second kappa shape index (κ2) is 14.0. The molecule has 3 aromatic rings. The molecule has 0 atom stereocenters. The molecule has 0 aliphatic heterocycles. The minimum atomic E-state index is -0.283. The van der Waals surface area contributed by atoms with E-state index in [-0.39, 0.29) is 12.6 Å². The number of carbonyl (C=O) groups excluding carboxylic acids is 1. The Hall–Kier alpha value is -3.34. The zero-order valence-electron chi connectivity index (χ0n) is 19.2. The molecule has 0 aliphatic rings. The lowest BCUT2D eigenvalue weighted by atomic mass is 10.2. The Balaban J connectivity index is 1.18. The Morgan fingerprint density at radius 2 is 1.79 bits per heavy atom. The molecule has 2 aromatic heterocycles. The van der Waals surface area contributed by atoms with Gasteiger partial charge in [-0.15, -0.1) is 0 Å². The average molecular weight is 471 g/mol. The highest BCUT2D eigenvalue weighted by Gasteiger charge is 2.13. The summed E-state index contributed by atoms with van der Waals surface area (Å²) in [5.74, 6) is 0.461. The van der Waals surface area contributed by atoms with Crippen molar-refractivity contribution in [2.45, 2.75) is 39.2 Å². The fraction of sp³-hybridized carbons (Fsp3) is 0.417. The number of carbonyl (C=O) groups is 1. The predicted molar refractivity (Wildman–Crippen MR) is 123 cm³/mol. The molecule has 0 amide bonds. The SMILES string of the molecule is Cc1cc(NO)cnc1-c1noc(COCCCOCCCCCOC(=O)c2ccccc2)n1. The number of anilines is 1. The average Bonchev–Trinajstić information content (AvgIpc) is 3.33. The molecule has 0 saturated carbocycles. The van der Waals surface area contributed by atoms with Crippen LogP contribution in [0.1, 0.15) is 47.5 Å². The van der Waals surface area contributed by atoms with Crippen LogP contribution in [0.25, 0.3) is 11.5 Å². The lowest BCUT2D eigenvalue weighted by Crippen LogP contribution is -2.06. The minimum absolute atomic E-state index is 0.212. The summed E-state index contributed by atoms with van der Waals surface area (Å²) in [5.41, 5.74) is 4.50. The van der Waals surface area contributed by atoms with Gasteiger partial charge in [0.1, 0.15) is 12.3 Å². The molecule has 1 aromatic carbocycles. The Labute approximate surface area is 198 Å². The second-order valence-electron chi connectivity index (χ2n) is 7.59. The minimum Gasteiger partial charge on any atom is -0.462 e. The largest absolute Gasteiger partial charge is 0.462 e. The van der Waals surface area contributed by atoms with Gasteiger partial charge in [0.2, 0.25) is 5.82 Å².